The van der Waals surface area contributed by atoms with E-state index in [0.29, 0.717) is 47.3 Å². The van der Waals surface area contributed by atoms with Crippen molar-refractivity contribution in [3.8, 4) is 34.5 Å². The third-order valence-corrected chi connectivity index (χ3v) is 12.1. The van der Waals surface area contributed by atoms with Crippen molar-refractivity contribution in [3.63, 3.8) is 0 Å². The highest BCUT2D eigenvalue weighted by Crippen LogP contribution is 2.43. The van der Waals surface area contributed by atoms with Crippen molar-refractivity contribution in [2.24, 2.45) is 0 Å². The van der Waals surface area contributed by atoms with Gasteiger partial charge >= 0.3 is 11.9 Å². The summed E-state index contributed by atoms with van der Waals surface area (Å²) in [5, 5.41) is 0. The van der Waals surface area contributed by atoms with Crippen molar-refractivity contribution < 1.29 is 47.5 Å². The molecule has 0 radical (unpaired) electrons. The molecule has 0 bridgehead atoms. The molecule has 8 aromatic carbocycles. The first-order chi connectivity index (χ1) is 35.5. The lowest BCUT2D eigenvalue weighted by molar-refractivity contribution is -0.0514. The molecule has 10 nitrogen and oxygen atoms in total. The Bertz CT molecular complexity index is 2620. The summed E-state index contributed by atoms with van der Waals surface area (Å²) >= 11 is 0. The van der Waals surface area contributed by atoms with Crippen LogP contribution in [0.1, 0.15) is 79.8 Å². The molecule has 0 spiro atoms. The normalized spacial score (nSPS) is 14.1. The van der Waals surface area contributed by atoms with Gasteiger partial charge in [-0.3, -0.25) is 0 Å². The second-order valence-corrected chi connectivity index (χ2v) is 17.4. The topological polar surface area (TPSA) is 108 Å². The van der Waals surface area contributed by atoms with Gasteiger partial charge in [0, 0.05) is 0 Å². The summed E-state index contributed by atoms with van der Waals surface area (Å²) in [5.41, 5.74) is 5.98. The zero-order valence-corrected chi connectivity index (χ0v) is 39.9. The maximum absolute atomic E-state index is 14.5. The number of rotatable bonds is 22. The fraction of sp³-hybridized carbons (Fsp3) is 0.194. The quantitative estimate of drug-likeness (QED) is 0.0609. The van der Waals surface area contributed by atoms with E-state index in [-0.39, 0.29) is 50.8 Å². The highest BCUT2D eigenvalue weighted by molar-refractivity contribution is 5.92. The first-order valence-corrected chi connectivity index (χ1v) is 24.3. The van der Waals surface area contributed by atoms with Crippen LogP contribution in [0.4, 0.5) is 0 Å². The Morgan fingerprint density at radius 2 is 0.542 bits per heavy atom. The number of carbonyl (C=O) groups is 2. The second-order valence-electron chi connectivity index (χ2n) is 17.4. The molecule has 1 fully saturated rings. The highest BCUT2D eigenvalue weighted by Gasteiger charge is 2.34. The van der Waals surface area contributed by atoms with E-state index < -0.39 is 24.1 Å². The smallest absolute Gasteiger partial charge is 0.338 e. The minimum Gasteiger partial charge on any atom is -0.485 e. The standard InChI is InChI=1S/C62H56O10/c63-61(51-35-55(65-39-45-21-7-1-8-22-45)59(69-43-49-29-15-5-16-30-49)56(36-51)66-40-46-23-9-2-10-24-46)71-53-33-19-20-34-54(53)72-62(64)52-37-57(67-41-47-25-11-3-12-26-47)60(70-44-50-31-17-6-18-32-50)58(38-52)68-42-48-27-13-4-14-28-48/h1-18,21-32,35-38,53-54H,19-20,33-34,39-44H2/t53-,54-/m0/s1. The van der Waals surface area contributed by atoms with Gasteiger partial charge in [0.1, 0.15) is 51.8 Å². The Morgan fingerprint density at radius 1 is 0.319 bits per heavy atom. The summed E-state index contributed by atoms with van der Waals surface area (Å²) in [4.78, 5) is 28.9. The molecule has 0 aliphatic heterocycles. The van der Waals surface area contributed by atoms with Gasteiger partial charge in [-0.05, 0) is 83.3 Å². The van der Waals surface area contributed by atoms with Gasteiger partial charge in [0.15, 0.2) is 23.0 Å². The van der Waals surface area contributed by atoms with Crippen molar-refractivity contribution in [1.29, 1.82) is 0 Å². The van der Waals surface area contributed by atoms with E-state index in [1.165, 1.54) is 0 Å². The molecule has 0 unspecified atom stereocenters. The van der Waals surface area contributed by atoms with Crippen LogP contribution in [0.2, 0.25) is 0 Å². The van der Waals surface area contributed by atoms with Crippen LogP contribution in [0, 0.1) is 0 Å². The molecule has 1 aliphatic rings. The van der Waals surface area contributed by atoms with E-state index in [2.05, 4.69) is 0 Å². The lowest BCUT2D eigenvalue weighted by atomic mass is 9.94. The molecule has 2 atom stereocenters. The Kier molecular flexibility index (Phi) is 16.8. The van der Waals surface area contributed by atoms with Crippen LogP contribution >= 0.6 is 0 Å². The number of esters is 2. The van der Waals surface area contributed by atoms with E-state index in [4.69, 9.17) is 37.9 Å². The average molecular weight is 961 g/mol. The fourth-order valence-electron chi connectivity index (χ4n) is 8.25. The second kappa shape index (κ2) is 24.9. The Morgan fingerprint density at radius 3 is 0.778 bits per heavy atom. The van der Waals surface area contributed by atoms with Gasteiger partial charge < -0.3 is 37.9 Å². The predicted molar refractivity (Wildman–Crippen MR) is 274 cm³/mol. The number of carbonyl (C=O) groups excluding carboxylic acids is 2. The number of hydrogen-bond donors (Lipinski definition) is 0. The molecular formula is C62H56O10. The molecular weight excluding hydrogens is 905 g/mol. The minimum atomic E-state index is -0.748. The van der Waals surface area contributed by atoms with Crippen molar-refractivity contribution >= 4 is 11.9 Å². The summed E-state index contributed by atoms with van der Waals surface area (Å²) in [7, 11) is 0. The van der Waals surface area contributed by atoms with Crippen LogP contribution in [-0.2, 0) is 49.1 Å². The molecule has 364 valence electrons. The first-order valence-electron chi connectivity index (χ1n) is 24.3. The maximum atomic E-state index is 14.5. The van der Waals surface area contributed by atoms with Gasteiger partial charge in [0.25, 0.3) is 0 Å². The van der Waals surface area contributed by atoms with Crippen molar-refractivity contribution in [2.45, 2.75) is 77.5 Å². The first kappa shape index (κ1) is 48.5. The van der Waals surface area contributed by atoms with E-state index in [9.17, 15) is 9.59 Å². The zero-order valence-electron chi connectivity index (χ0n) is 39.9. The molecule has 10 heteroatoms. The molecule has 0 heterocycles. The largest absolute Gasteiger partial charge is 0.485 e. The van der Waals surface area contributed by atoms with Gasteiger partial charge in [0.2, 0.25) is 11.5 Å². The summed E-state index contributed by atoms with van der Waals surface area (Å²) in [6.45, 7) is 1.29. The Labute approximate surface area is 420 Å². The molecule has 0 N–H and O–H groups in total. The van der Waals surface area contributed by atoms with E-state index in [1.54, 1.807) is 24.3 Å². The SMILES string of the molecule is O=C(O[C@H]1CCCC[C@@H]1OC(=O)c1cc(OCc2ccccc2)c(OCc2ccccc2)c(OCc2ccccc2)c1)c1cc(OCc2ccccc2)c(OCc2ccccc2)c(OCc2ccccc2)c1. The third-order valence-electron chi connectivity index (χ3n) is 12.1. The summed E-state index contributed by atoms with van der Waals surface area (Å²) in [6.07, 6.45) is 1.03. The Hall–Kier alpha value is -8.50. The summed E-state index contributed by atoms with van der Waals surface area (Å²) in [5.74, 6) is 0.692. The van der Waals surface area contributed by atoms with Gasteiger partial charge in [-0.2, -0.15) is 0 Å². The molecule has 9 rings (SSSR count). The van der Waals surface area contributed by atoms with E-state index in [0.717, 1.165) is 46.2 Å². The average Bonchev–Trinajstić information content (AvgIpc) is 3.44. The maximum Gasteiger partial charge on any atom is 0.338 e. The number of ether oxygens (including phenoxy) is 8. The monoisotopic (exact) mass is 960 g/mol. The summed E-state index contributed by atoms with van der Waals surface area (Å²) < 4.78 is 51.3. The third kappa shape index (κ3) is 13.6. The van der Waals surface area contributed by atoms with Gasteiger partial charge in [-0.1, -0.05) is 182 Å². The van der Waals surface area contributed by atoms with Crippen LogP contribution < -0.4 is 28.4 Å². The van der Waals surface area contributed by atoms with Crippen molar-refractivity contribution in [3.05, 3.63) is 251 Å². The van der Waals surface area contributed by atoms with Crippen LogP contribution in [0.5, 0.6) is 34.5 Å². The van der Waals surface area contributed by atoms with Gasteiger partial charge in [0.05, 0.1) is 11.1 Å². The van der Waals surface area contributed by atoms with E-state index in [1.807, 2.05) is 182 Å². The van der Waals surface area contributed by atoms with Crippen LogP contribution in [-0.4, -0.2) is 24.1 Å². The minimum absolute atomic E-state index is 0.190. The molecule has 0 amide bonds. The molecule has 1 saturated carbocycles. The Balaban J connectivity index is 0.990. The van der Waals surface area contributed by atoms with Gasteiger partial charge in [-0.15, -0.1) is 0 Å². The molecule has 8 aromatic rings. The number of hydrogen-bond acceptors (Lipinski definition) is 10. The number of benzene rings is 8. The molecule has 0 saturated heterocycles. The summed E-state index contributed by atoms with van der Waals surface area (Å²) in [6, 6.07) is 65.1. The van der Waals surface area contributed by atoms with Crippen molar-refractivity contribution in [1.82, 2.24) is 0 Å². The van der Waals surface area contributed by atoms with Crippen LogP contribution in [0.25, 0.3) is 0 Å². The molecule has 0 aromatic heterocycles. The van der Waals surface area contributed by atoms with Crippen LogP contribution in [0.15, 0.2) is 206 Å². The lowest BCUT2D eigenvalue weighted by Gasteiger charge is -2.31. The lowest BCUT2D eigenvalue weighted by Crippen LogP contribution is -2.38. The zero-order chi connectivity index (χ0) is 49.2. The molecule has 1 aliphatic carbocycles. The highest BCUT2D eigenvalue weighted by atomic mass is 16.6. The van der Waals surface area contributed by atoms with Crippen LogP contribution in [0.3, 0.4) is 0 Å². The predicted octanol–water partition coefficient (Wildman–Crippen LogP) is 13.5. The van der Waals surface area contributed by atoms with E-state index >= 15 is 0 Å². The molecule has 72 heavy (non-hydrogen) atoms. The fourth-order valence-corrected chi connectivity index (χ4v) is 8.25. The van der Waals surface area contributed by atoms with Crippen molar-refractivity contribution in [2.75, 3.05) is 0 Å². The van der Waals surface area contributed by atoms with Gasteiger partial charge in [-0.25, -0.2) is 9.59 Å².